The lowest BCUT2D eigenvalue weighted by molar-refractivity contribution is 0.0950. The molecule has 116 valence electrons. The maximum atomic E-state index is 12.1. The lowest BCUT2D eigenvalue weighted by atomic mass is 10.2. The molecular formula is C16H15N5O2. The van der Waals surface area contributed by atoms with Gasteiger partial charge in [0.2, 0.25) is 0 Å². The summed E-state index contributed by atoms with van der Waals surface area (Å²) in [7, 11) is 1.56. The monoisotopic (exact) mass is 309 g/mol. The summed E-state index contributed by atoms with van der Waals surface area (Å²) in [5.74, 6) is 0.448. The molecule has 1 aromatic carbocycles. The van der Waals surface area contributed by atoms with Crippen LogP contribution in [0.25, 0.3) is 5.69 Å². The standard InChI is InChI=1S/C16H15N5O2/c1-23-15-4-2-3-12(9-15)16(22)18-10-13-11-21(20-19-13)14-5-7-17-8-6-14/h2-9,11H,10H2,1H3,(H,18,22). The fraction of sp³-hybridized carbons (Fsp3) is 0.125. The van der Waals surface area contributed by atoms with Crippen molar-refractivity contribution in [3.63, 3.8) is 0 Å². The minimum absolute atomic E-state index is 0.192. The van der Waals surface area contributed by atoms with Gasteiger partial charge >= 0.3 is 0 Å². The first-order valence-corrected chi connectivity index (χ1v) is 7.00. The molecule has 0 aliphatic carbocycles. The fourth-order valence-electron chi connectivity index (χ4n) is 2.04. The van der Waals surface area contributed by atoms with E-state index in [2.05, 4.69) is 20.6 Å². The zero-order chi connectivity index (χ0) is 16.1. The zero-order valence-electron chi connectivity index (χ0n) is 12.5. The van der Waals surface area contributed by atoms with Gasteiger partial charge in [-0.05, 0) is 30.3 Å². The Morgan fingerprint density at radius 3 is 2.87 bits per heavy atom. The van der Waals surface area contributed by atoms with E-state index in [0.29, 0.717) is 23.6 Å². The number of methoxy groups -OCH3 is 1. The fourth-order valence-corrected chi connectivity index (χ4v) is 2.04. The minimum atomic E-state index is -0.192. The molecule has 7 heteroatoms. The van der Waals surface area contributed by atoms with Gasteiger partial charge in [0.1, 0.15) is 11.4 Å². The van der Waals surface area contributed by atoms with E-state index in [0.717, 1.165) is 5.69 Å². The maximum Gasteiger partial charge on any atom is 0.251 e. The van der Waals surface area contributed by atoms with Crippen molar-refractivity contribution in [1.29, 1.82) is 0 Å². The molecule has 1 amide bonds. The summed E-state index contributed by atoms with van der Waals surface area (Å²) in [5.41, 5.74) is 2.06. The highest BCUT2D eigenvalue weighted by Crippen LogP contribution is 2.12. The third kappa shape index (κ3) is 3.52. The van der Waals surface area contributed by atoms with Crippen LogP contribution in [0, 0.1) is 0 Å². The van der Waals surface area contributed by atoms with Crippen molar-refractivity contribution >= 4 is 5.91 Å². The third-order valence-corrected chi connectivity index (χ3v) is 3.23. The van der Waals surface area contributed by atoms with Gasteiger partial charge in [-0.3, -0.25) is 9.78 Å². The van der Waals surface area contributed by atoms with E-state index in [1.54, 1.807) is 54.6 Å². The molecule has 3 rings (SSSR count). The van der Waals surface area contributed by atoms with Crippen molar-refractivity contribution in [3.8, 4) is 11.4 Å². The average Bonchev–Trinajstić information content (AvgIpc) is 3.09. The Morgan fingerprint density at radius 1 is 1.26 bits per heavy atom. The second-order valence-electron chi connectivity index (χ2n) is 4.77. The van der Waals surface area contributed by atoms with Crippen molar-refractivity contribution in [2.24, 2.45) is 0 Å². The Balaban J connectivity index is 1.64. The maximum absolute atomic E-state index is 12.1. The second-order valence-corrected chi connectivity index (χ2v) is 4.77. The molecule has 0 spiro atoms. The highest BCUT2D eigenvalue weighted by molar-refractivity contribution is 5.94. The number of benzene rings is 1. The highest BCUT2D eigenvalue weighted by atomic mass is 16.5. The first-order valence-electron chi connectivity index (χ1n) is 7.00. The van der Waals surface area contributed by atoms with Crippen LogP contribution in [0.3, 0.4) is 0 Å². The van der Waals surface area contributed by atoms with Gasteiger partial charge in [0, 0.05) is 18.0 Å². The first kappa shape index (κ1) is 14.7. The van der Waals surface area contributed by atoms with Crippen molar-refractivity contribution in [1.82, 2.24) is 25.3 Å². The number of amides is 1. The quantitative estimate of drug-likeness (QED) is 0.774. The molecule has 0 saturated carbocycles. The minimum Gasteiger partial charge on any atom is -0.497 e. The van der Waals surface area contributed by atoms with Crippen LogP contribution in [0.1, 0.15) is 16.1 Å². The number of hydrogen-bond donors (Lipinski definition) is 1. The molecule has 0 fully saturated rings. The van der Waals surface area contributed by atoms with Crippen LogP contribution in [0.4, 0.5) is 0 Å². The molecule has 1 N–H and O–H groups in total. The number of ether oxygens (including phenoxy) is 1. The number of carbonyl (C=O) groups is 1. The summed E-state index contributed by atoms with van der Waals surface area (Å²) in [6.07, 6.45) is 5.13. The molecule has 0 atom stereocenters. The van der Waals surface area contributed by atoms with Crippen LogP contribution in [0.2, 0.25) is 0 Å². The molecule has 0 bridgehead atoms. The largest absolute Gasteiger partial charge is 0.497 e. The topological polar surface area (TPSA) is 81.9 Å². The molecule has 0 saturated heterocycles. The first-order chi connectivity index (χ1) is 11.3. The number of pyridine rings is 1. The number of aromatic nitrogens is 4. The number of nitrogens with zero attached hydrogens (tertiary/aromatic N) is 4. The number of rotatable bonds is 5. The SMILES string of the molecule is COc1cccc(C(=O)NCc2cn(-c3ccncc3)nn2)c1. The van der Waals surface area contributed by atoms with Gasteiger partial charge in [-0.2, -0.15) is 0 Å². The molecule has 0 aliphatic heterocycles. The summed E-state index contributed by atoms with van der Waals surface area (Å²) < 4.78 is 6.74. The molecule has 3 aromatic rings. The van der Waals surface area contributed by atoms with Gasteiger partial charge in [-0.25, -0.2) is 4.68 Å². The van der Waals surface area contributed by atoms with Crippen molar-refractivity contribution in [3.05, 3.63) is 66.2 Å². The summed E-state index contributed by atoms with van der Waals surface area (Å²) in [4.78, 5) is 16.1. The molecule has 23 heavy (non-hydrogen) atoms. The Hall–Kier alpha value is -3.22. The normalized spacial score (nSPS) is 10.3. The second kappa shape index (κ2) is 6.69. The van der Waals surface area contributed by atoms with Crippen LogP contribution < -0.4 is 10.1 Å². The van der Waals surface area contributed by atoms with E-state index < -0.39 is 0 Å². The van der Waals surface area contributed by atoms with Gasteiger partial charge in [0.05, 0.1) is 25.5 Å². The Morgan fingerprint density at radius 2 is 2.09 bits per heavy atom. The van der Waals surface area contributed by atoms with Crippen LogP contribution >= 0.6 is 0 Å². The van der Waals surface area contributed by atoms with E-state index in [1.165, 1.54) is 0 Å². The van der Waals surface area contributed by atoms with Crippen LogP contribution in [0.5, 0.6) is 5.75 Å². The Bertz CT molecular complexity index is 801. The summed E-state index contributed by atoms with van der Waals surface area (Å²) in [5, 5.41) is 10.9. The van der Waals surface area contributed by atoms with Crippen molar-refractivity contribution < 1.29 is 9.53 Å². The predicted molar refractivity (Wildman–Crippen MR) is 83.3 cm³/mol. The summed E-state index contributed by atoms with van der Waals surface area (Å²) in [6, 6.07) is 10.6. The average molecular weight is 309 g/mol. The highest BCUT2D eigenvalue weighted by Gasteiger charge is 2.08. The molecular weight excluding hydrogens is 294 g/mol. The van der Waals surface area contributed by atoms with Crippen LogP contribution in [-0.4, -0.2) is 33.0 Å². The lowest BCUT2D eigenvalue weighted by Gasteiger charge is -2.05. The van der Waals surface area contributed by atoms with Crippen molar-refractivity contribution in [2.75, 3.05) is 7.11 Å². The third-order valence-electron chi connectivity index (χ3n) is 3.23. The Kier molecular flexibility index (Phi) is 4.28. The molecule has 0 radical (unpaired) electrons. The van der Waals surface area contributed by atoms with Gasteiger partial charge < -0.3 is 10.1 Å². The lowest BCUT2D eigenvalue weighted by Crippen LogP contribution is -2.22. The summed E-state index contributed by atoms with van der Waals surface area (Å²) >= 11 is 0. The molecule has 2 heterocycles. The van der Waals surface area contributed by atoms with E-state index in [1.807, 2.05) is 12.1 Å². The molecule has 0 aliphatic rings. The summed E-state index contributed by atoms with van der Waals surface area (Å²) in [6.45, 7) is 0.293. The van der Waals surface area contributed by atoms with Crippen LogP contribution in [-0.2, 0) is 6.54 Å². The van der Waals surface area contributed by atoms with Gasteiger partial charge in [-0.15, -0.1) is 5.10 Å². The smallest absolute Gasteiger partial charge is 0.251 e. The van der Waals surface area contributed by atoms with E-state index in [4.69, 9.17) is 4.74 Å². The van der Waals surface area contributed by atoms with Gasteiger partial charge in [0.25, 0.3) is 5.91 Å². The van der Waals surface area contributed by atoms with E-state index in [9.17, 15) is 4.79 Å². The van der Waals surface area contributed by atoms with E-state index >= 15 is 0 Å². The number of nitrogens with one attached hydrogen (secondary N) is 1. The van der Waals surface area contributed by atoms with Gasteiger partial charge in [0.15, 0.2) is 0 Å². The van der Waals surface area contributed by atoms with Crippen molar-refractivity contribution in [2.45, 2.75) is 6.54 Å². The number of carbonyl (C=O) groups excluding carboxylic acids is 1. The zero-order valence-corrected chi connectivity index (χ0v) is 12.5. The van der Waals surface area contributed by atoms with Gasteiger partial charge in [-0.1, -0.05) is 11.3 Å². The molecule has 0 unspecified atom stereocenters. The molecule has 7 nitrogen and oxygen atoms in total. The van der Waals surface area contributed by atoms with E-state index in [-0.39, 0.29) is 5.91 Å². The Labute approximate surface area is 132 Å². The van der Waals surface area contributed by atoms with Crippen LogP contribution in [0.15, 0.2) is 55.0 Å². The molecule has 2 aromatic heterocycles. The predicted octanol–water partition coefficient (Wildman–Crippen LogP) is 1.60. The number of hydrogen-bond acceptors (Lipinski definition) is 5.